The molecule has 1 unspecified atom stereocenters. The summed E-state index contributed by atoms with van der Waals surface area (Å²) in [5, 5.41) is 0. The summed E-state index contributed by atoms with van der Waals surface area (Å²) in [4.78, 5) is 15.7. The van der Waals surface area contributed by atoms with E-state index in [1.165, 1.54) is 0 Å². The Bertz CT molecular complexity index is 424. The molecule has 2 rings (SSSR count). The van der Waals surface area contributed by atoms with Crippen molar-refractivity contribution >= 4 is 22.9 Å². The van der Waals surface area contributed by atoms with E-state index in [0.717, 1.165) is 0 Å². The van der Waals surface area contributed by atoms with E-state index in [1.807, 2.05) is 4.90 Å². The fraction of sp³-hybridized carbons (Fsp3) is 0.900. The molecule has 0 saturated carbocycles. The Morgan fingerprint density at radius 3 is 2.63 bits per heavy atom. The minimum Gasteiger partial charge on any atom is -0.378 e. The number of likely N-dealkylation sites (tertiary alicyclic amines) is 1. The van der Waals surface area contributed by atoms with E-state index in [1.54, 1.807) is 4.90 Å². The molecule has 2 aliphatic rings. The smallest absolute Gasteiger partial charge is 0.277 e. The van der Waals surface area contributed by atoms with E-state index in [0.29, 0.717) is 52.4 Å². The second kappa shape index (κ2) is 6.21. The van der Waals surface area contributed by atoms with Gasteiger partial charge in [0, 0.05) is 32.2 Å². The molecule has 106 valence electrons. The predicted molar refractivity (Wildman–Crippen MR) is 70.1 cm³/mol. The fourth-order valence-corrected chi connectivity index (χ4v) is 3.07. The molecule has 0 aromatic rings. The van der Waals surface area contributed by atoms with Gasteiger partial charge in [0.25, 0.3) is 7.12 Å². The van der Waals surface area contributed by atoms with Crippen molar-refractivity contribution in [2.75, 3.05) is 45.9 Å². The van der Waals surface area contributed by atoms with Crippen molar-refractivity contribution in [3.05, 3.63) is 0 Å². The third-order valence-electron chi connectivity index (χ3n) is 3.33. The maximum Gasteiger partial charge on any atom is 0.277 e. The van der Waals surface area contributed by atoms with E-state index < -0.39 is 9.87 Å². The van der Waals surface area contributed by atoms with Crippen molar-refractivity contribution in [2.45, 2.75) is 12.5 Å². The maximum atomic E-state index is 12.0. The third-order valence-corrected chi connectivity index (χ3v) is 3.99. The number of amides is 1. The van der Waals surface area contributed by atoms with E-state index in [2.05, 4.69) is 4.72 Å². The SMILES string of the molecule is [B]S(=O)(=O)NC1CCN(CC(=O)N2CCOCC2)C1. The van der Waals surface area contributed by atoms with Gasteiger partial charge in [0.05, 0.1) is 19.8 Å². The predicted octanol–water partition coefficient (Wildman–Crippen LogP) is -2.08. The van der Waals surface area contributed by atoms with Crippen LogP contribution in [0.3, 0.4) is 0 Å². The van der Waals surface area contributed by atoms with Gasteiger partial charge in [-0.1, -0.05) is 0 Å². The number of nitrogens with zero attached hydrogens (tertiary/aromatic N) is 2. The molecule has 0 aliphatic carbocycles. The molecule has 2 radical (unpaired) electrons. The second-order valence-electron chi connectivity index (χ2n) is 4.88. The first-order valence-corrected chi connectivity index (χ1v) is 7.86. The molecule has 1 N–H and O–H groups in total. The van der Waals surface area contributed by atoms with Gasteiger partial charge in [-0.15, -0.1) is 0 Å². The molecule has 2 fully saturated rings. The fourth-order valence-electron chi connectivity index (χ4n) is 2.41. The van der Waals surface area contributed by atoms with Gasteiger partial charge in [-0.25, -0.2) is 13.1 Å². The van der Waals surface area contributed by atoms with E-state index in [-0.39, 0.29) is 11.9 Å². The molecule has 1 atom stereocenters. The zero-order valence-electron chi connectivity index (χ0n) is 10.7. The highest BCUT2D eigenvalue weighted by Gasteiger charge is 2.27. The summed E-state index contributed by atoms with van der Waals surface area (Å²) in [5.74, 6) is 0.0690. The van der Waals surface area contributed by atoms with Crippen LogP contribution in [0, 0.1) is 0 Å². The summed E-state index contributed by atoms with van der Waals surface area (Å²) < 4.78 is 29.4. The number of ether oxygens (including phenoxy) is 1. The Morgan fingerprint density at radius 1 is 1.32 bits per heavy atom. The first-order chi connectivity index (χ1) is 8.94. The Kier molecular flexibility index (Phi) is 4.83. The highest BCUT2D eigenvalue weighted by molar-refractivity contribution is 8.10. The van der Waals surface area contributed by atoms with Gasteiger partial charge >= 0.3 is 0 Å². The van der Waals surface area contributed by atoms with Crippen molar-refractivity contribution in [3.8, 4) is 0 Å². The van der Waals surface area contributed by atoms with Crippen LogP contribution in [0.25, 0.3) is 0 Å². The van der Waals surface area contributed by atoms with E-state index in [9.17, 15) is 13.2 Å². The largest absolute Gasteiger partial charge is 0.378 e. The Hall–Kier alpha value is -0.635. The lowest BCUT2D eigenvalue weighted by molar-refractivity contribution is -0.136. The van der Waals surface area contributed by atoms with Crippen molar-refractivity contribution in [1.29, 1.82) is 0 Å². The van der Waals surface area contributed by atoms with Crippen LogP contribution in [0.1, 0.15) is 6.42 Å². The number of nitrogens with one attached hydrogen (secondary N) is 1. The molecule has 0 aromatic heterocycles. The molecule has 0 aromatic carbocycles. The maximum absolute atomic E-state index is 12.0. The standard InChI is InChI=1S/C10H18BN3O4S/c11-19(16,17)12-9-1-2-13(7-9)8-10(15)14-3-5-18-6-4-14/h9,12H,1-8H2. The Balaban J connectivity index is 1.76. The first kappa shape index (κ1) is 14.8. The molecule has 2 aliphatic heterocycles. The number of rotatable bonds is 4. The Labute approximate surface area is 114 Å². The number of carbonyl (C=O) groups is 1. The van der Waals surface area contributed by atoms with Crippen LogP contribution in [-0.4, -0.2) is 83.2 Å². The molecule has 7 nitrogen and oxygen atoms in total. The van der Waals surface area contributed by atoms with Crippen LogP contribution in [0.2, 0.25) is 0 Å². The van der Waals surface area contributed by atoms with E-state index >= 15 is 0 Å². The molecular weight excluding hydrogens is 269 g/mol. The van der Waals surface area contributed by atoms with Crippen molar-refractivity contribution in [2.24, 2.45) is 0 Å². The highest BCUT2D eigenvalue weighted by atomic mass is 32.2. The average Bonchev–Trinajstić information content (AvgIpc) is 2.75. The van der Waals surface area contributed by atoms with Crippen LogP contribution in [0.4, 0.5) is 0 Å². The minimum atomic E-state index is -3.67. The van der Waals surface area contributed by atoms with Crippen LogP contribution in [0.15, 0.2) is 0 Å². The zero-order chi connectivity index (χ0) is 13.9. The normalized spacial score (nSPS) is 25.7. The monoisotopic (exact) mass is 287 g/mol. The van der Waals surface area contributed by atoms with Crippen LogP contribution in [-0.2, 0) is 19.4 Å². The summed E-state index contributed by atoms with van der Waals surface area (Å²) in [6, 6.07) is -0.201. The second-order valence-corrected chi connectivity index (χ2v) is 6.20. The van der Waals surface area contributed by atoms with Crippen molar-refractivity contribution < 1.29 is 17.9 Å². The average molecular weight is 287 g/mol. The van der Waals surface area contributed by atoms with Gasteiger partial charge < -0.3 is 9.64 Å². The molecule has 0 bridgehead atoms. The highest BCUT2D eigenvalue weighted by Crippen LogP contribution is 2.10. The molecule has 1 amide bonds. The minimum absolute atomic E-state index is 0.0690. The van der Waals surface area contributed by atoms with Crippen LogP contribution < -0.4 is 4.72 Å². The molecular formula is C10H18BN3O4S. The van der Waals surface area contributed by atoms with Crippen molar-refractivity contribution in [1.82, 2.24) is 14.5 Å². The van der Waals surface area contributed by atoms with Crippen LogP contribution >= 0.6 is 0 Å². The molecule has 9 heteroatoms. The number of carbonyl (C=O) groups excluding carboxylic acids is 1. The van der Waals surface area contributed by atoms with E-state index in [4.69, 9.17) is 11.9 Å². The number of morpholine rings is 1. The summed E-state index contributed by atoms with van der Waals surface area (Å²) in [5.41, 5.74) is 0. The lowest BCUT2D eigenvalue weighted by atomic mass is 10.3. The van der Waals surface area contributed by atoms with Gasteiger partial charge in [0.1, 0.15) is 9.87 Å². The topological polar surface area (TPSA) is 79.0 Å². The van der Waals surface area contributed by atoms with Gasteiger partial charge in [0.2, 0.25) is 5.91 Å². The summed E-state index contributed by atoms with van der Waals surface area (Å²) in [6.45, 7) is 3.97. The van der Waals surface area contributed by atoms with Crippen LogP contribution in [0.5, 0.6) is 0 Å². The molecule has 2 saturated heterocycles. The number of hydrogen-bond donors (Lipinski definition) is 1. The van der Waals surface area contributed by atoms with Gasteiger partial charge in [-0.05, 0) is 6.42 Å². The zero-order valence-corrected chi connectivity index (χ0v) is 11.6. The first-order valence-electron chi connectivity index (χ1n) is 6.32. The van der Waals surface area contributed by atoms with Gasteiger partial charge in [-0.2, -0.15) is 0 Å². The quantitative estimate of drug-likeness (QED) is 0.601. The lowest BCUT2D eigenvalue weighted by Crippen LogP contribution is -2.46. The molecule has 19 heavy (non-hydrogen) atoms. The lowest BCUT2D eigenvalue weighted by Gasteiger charge is -2.28. The van der Waals surface area contributed by atoms with Gasteiger partial charge in [0.15, 0.2) is 0 Å². The molecule has 2 heterocycles. The molecule has 0 spiro atoms. The summed E-state index contributed by atoms with van der Waals surface area (Å²) >= 11 is 0. The van der Waals surface area contributed by atoms with Gasteiger partial charge in [-0.3, -0.25) is 9.69 Å². The summed E-state index contributed by atoms with van der Waals surface area (Å²) in [7, 11) is 1.26. The van der Waals surface area contributed by atoms with Crippen molar-refractivity contribution in [3.63, 3.8) is 0 Å². The Morgan fingerprint density at radius 2 is 2.00 bits per heavy atom. The number of hydrogen-bond acceptors (Lipinski definition) is 5. The third kappa shape index (κ3) is 4.75. The summed E-state index contributed by atoms with van der Waals surface area (Å²) in [6.07, 6.45) is 0.673.